The van der Waals surface area contributed by atoms with E-state index in [0.717, 1.165) is 10.8 Å². The van der Waals surface area contributed by atoms with Crippen LogP contribution in [-0.4, -0.2) is 10.4 Å². The lowest BCUT2D eigenvalue weighted by Gasteiger charge is -2.37. The molecule has 1 nitrogen and oxygen atoms in total. The summed E-state index contributed by atoms with van der Waals surface area (Å²) in [6, 6.07) is 4.14. The van der Waals surface area contributed by atoms with Crippen molar-refractivity contribution in [1.82, 2.24) is 0 Å². The van der Waals surface area contributed by atoms with Gasteiger partial charge in [-0.15, -0.1) is 11.8 Å². The predicted octanol–water partition coefficient (Wildman–Crippen LogP) is 5.03. The Labute approximate surface area is 115 Å². The van der Waals surface area contributed by atoms with Crippen LogP contribution in [0.25, 0.3) is 0 Å². The molecule has 0 fully saturated rings. The zero-order chi connectivity index (χ0) is 13.3. The van der Waals surface area contributed by atoms with Gasteiger partial charge in [0, 0.05) is 10.1 Å². The van der Waals surface area contributed by atoms with Crippen molar-refractivity contribution >= 4 is 11.8 Å². The first-order valence-corrected chi connectivity index (χ1v) is 7.82. The number of rotatable bonds is 3. The molecule has 0 aromatic heterocycles. The molecule has 18 heavy (non-hydrogen) atoms. The SMILES string of the molecule is CCCCC1CC(C)(C)c2cc(O)c(C)cc2S1. The molecule has 0 spiro atoms. The summed E-state index contributed by atoms with van der Waals surface area (Å²) in [5.74, 6) is 0.439. The molecule has 1 aromatic carbocycles. The number of fused-ring (bicyclic) bond motifs is 1. The normalized spacial score (nSPS) is 21.7. The summed E-state index contributed by atoms with van der Waals surface area (Å²) in [6.45, 7) is 8.85. The molecule has 1 atom stereocenters. The minimum absolute atomic E-state index is 0.185. The zero-order valence-electron chi connectivity index (χ0n) is 11.9. The maximum Gasteiger partial charge on any atom is 0.118 e. The van der Waals surface area contributed by atoms with Crippen LogP contribution in [-0.2, 0) is 5.41 Å². The Morgan fingerprint density at radius 2 is 2.11 bits per heavy atom. The van der Waals surface area contributed by atoms with E-state index in [2.05, 4.69) is 26.8 Å². The van der Waals surface area contributed by atoms with Gasteiger partial charge in [0.15, 0.2) is 0 Å². The van der Waals surface area contributed by atoms with Crippen LogP contribution in [0.4, 0.5) is 0 Å². The Morgan fingerprint density at radius 1 is 1.39 bits per heavy atom. The van der Waals surface area contributed by atoms with Crippen molar-refractivity contribution in [2.24, 2.45) is 0 Å². The number of benzene rings is 1. The maximum absolute atomic E-state index is 9.91. The first kappa shape index (κ1) is 13.8. The van der Waals surface area contributed by atoms with Crippen LogP contribution in [0.2, 0.25) is 0 Å². The topological polar surface area (TPSA) is 20.2 Å². The van der Waals surface area contributed by atoms with E-state index in [1.165, 1.54) is 36.1 Å². The molecular formula is C16H24OS. The molecule has 0 saturated carbocycles. The second-order valence-electron chi connectivity index (χ2n) is 6.10. The molecule has 0 aliphatic carbocycles. The van der Waals surface area contributed by atoms with Crippen LogP contribution < -0.4 is 0 Å². The van der Waals surface area contributed by atoms with Crippen molar-refractivity contribution in [2.45, 2.75) is 68.9 Å². The van der Waals surface area contributed by atoms with Crippen LogP contribution in [0, 0.1) is 6.92 Å². The Morgan fingerprint density at radius 3 is 2.78 bits per heavy atom. The number of aryl methyl sites for hydroxylation is 1. The standard InChI is InChI=1S/C16H24OS/c1-5-6-7-12-10-16(3,4)13-9-14(17)11(2)8-15(13)18-12/h8-9,12,17H,5-7,10H2,1-4H3. The fraction of sp³-hybridized carbons (Fsp3) is 0.625. The lowest BCUT2D eigenvalue weighted by molar-refractivity contribution is 0.428. The van der Waals surface area contributed by atoms with E-state index < -0.39 is 0 Å². The van der Waals surface area contributed by atoms with Crippen LogP contribution in [0.3, 0.4) is 0 Å². The van der Waals surface area contributed by atoms with Crippen LogP contribution >= 0.6 is 11.8 Å². The lowest BCUT2D eigenvalue weighted by Crippen LogP contribution is -2.28. The number of phenols is 1. The highest BCUT2D eigenvalue weighted by Gasteiger charge is 2.33. The van der Waals surface area contributed by atoms with Gasteiger partial charge in [-0.2, -0.15) is 0 Å². The second kappa shape index (κ2) is 5.16. The molecule has 0 bridgehead atoms. The van der Waals surface area contributed by atoms with Crippen LogP contribution in [0.1, 0.15) is 57.6 Å². The van der Waals surface area contributed by atoms with Crippen molar-refractivity contribution in [3.63, 3.8) is 0 Å². The highest BCUT2D eigenvalue weighted by atomic mass is 32.2. The molecule has 1 aromatic rings. The first-order valence-electron chi connectivity index (χ1n) is 6.95. The summed E-state index contributed by atoms with van der Waals surface area (Å²) in [6.07, 6.45) is 5.12. The van der Waals surface area contributed by atoms with Gasteiger partial charge in [0.25, 0.3) is 0 Å². The fourth-order valence-electron chi connectivity index (χ4n) is 2.79. The summed E-state index contributed by atoms with van der Waals surface area (Å²) < 4.78 is 0. The van der Waals surface area contributed by atoms with Gasteiger partial charge >= 0.3 is 0 Å². The Bertz CT molecular complexity index is 437. The van der Waals surface area contributed by atoms with Crippen molar-refractivity contribution in [1.29, 1.82) is 0 Å². The number of hydrogen-bond acceptors (Lipinski definition) is 2. The molecule has 1 N–H and O–H groups in total. The average Bonchev–Trinajstić information content (AvgIpc) is 2.28. The number of thioether (sulfide) groups is 1. The first-order chi connectivity index (χ1) is 8.44. The van der Waals surface area contributed by atoms with Crippen LogP contribution in [0.5, 0.6) is 5.75 Å². The largest absolute Gasteiger partial charge is 0.508 e. The summed E-state index contributed by atoms with van der Waals surface area (Å²) in [4.78, 5) is 1.38. The quantitative estimate of drug-likeness (QED) is 0.826. The van der Waals surface area contributed by atoms with Gasteiger partial charge in [0.05, 0.1) is 0 Å². The minimum Gasteiger partial charge on any atom is -0.508 e. The average molecular weight is 264 g/mol. The van der Waals surface area contributed by atoms with Gasteiger partial charge < -0.3 is 5.11 Å². The van der Waals surface area contributed by atoms with Gasteiger partial charge in [0.2, 0.25) is 0 Å². The summed E-state index contributed by atoms with van der Waals surface area (Å²) in [7, 11) is 0. The van der Waals surface area contributed by atoms with E-state index in [1.807, 2.05) is 24.8 Å². The van der Waals surface area contributed by atoms with Gasteiger partial charge in [-0.3, -0.25) is 0 Å². The second-order valence-corrected chi connectivity index (χ2v) is 7.45. The molecule has 0 saturated heterocycles. The molecule has 1 aliphatic heterocycles. The van der Waals surface area contributed by atoms with Gasteiger partial charge in [-0.1, -0.05) is 33.6 Å². The molecule has 1 aliphatic rings. The molecule has 1 unspecified atom stereocenters. The third-order valence-electron chi connectivity index (χ3n) is 3.94. The Hall–Kier alpha value is -0.630. The van der Waals surface area contributed by atoms with E-state index in [-0.39, 0.29) is 5.41 Å². The molecule has 1 heterocycles. The lowest BCUT2D eigenvalue weighted by atomic mass is 9.79. The smallest absolute Gasteiger partial charge is 0.118 e. The van der Waals surface area contributed by atoms with Gasteiger partial charge in [-0.25, -0.2) is 0 Å². The molecule has 2 heteroatoms. The molecule has 100 valence electrons. The van der Waals surface area contributed by atoms with Gasteiger partial charge in [-0.05, 0) is 48.4 Å². The number of aromatic hydroxyl groups is 1. The number of phenolic OH excluding ortho intramolecular Hbond substituents is 1. The molecule has 2 rings (SSSR count). The predicted molar refractivity (Wildman–Crippen MR) is 79.7 cm³/mol. The highest BCUT2D eigenvalue weighted by Crippen LogP contribution is 2.48. The van der Waals surface area contributed by atoms with E-state index in [4.69, 9.17) is 0 Å². The monoisotopic (exact) mass is 264 g/mol. The van der Waals surface area contributed by atoms with E-state index in [9.17, 15) is 5.11 Å². The van der Waals surface area contributed by atoms with Crippen molar-refractivity contribution < 1.29 is 5.11 Å². The third-order valence-corrected chi connectivity index (χ3v) is 5.27. The van der Waals surface area contributed by atoms with Crippen molar-refractivity contribution in [3.8, 4) is 5.75 Å². The van der Waals surface area contributed by atoms with Crippen molar-refractivity contribution in [2.75, 3.05) is 0 Å². The summed E-state index contributed by atoms with van der Waals surface area (Å²) in [5.41, 5.74) is 2.50. The third kappa shape index (κ3) is 2.69. The van der Waals surface area contributed by atoms with Gasteiger partial charge in [0.1, 0.15) is 5.75 Å². The zero-order valence-corrected chi connectivity index (χ0v) is 12.7. The molecular weight excluding hydrogens is 240 g/mol. The van der Waals surface area contributed by atoms with E-state index in [0.29, 0.717) is 5.75 Å². The Kier molecular flexibility index (Phi) is 3.96. The van der Waals surface area contributed by atoms with Crippen LogP contribution in [0.15, 0.2) is 17.0 Å². The minimum atomic E-state index is 0.185. The fourth-order valence-corrected chi connectivity index (χ4v) is 4.64. The summed E-state index contributed by atoms with van der Waals surface area (Å²) >= 11 is 2.01. The Balaban J connectivity index is 2.31. The summed E-state index contributed by atoms with van der Waals surface area (Å²) in [5, 5.41) is 10.6. The van der Waals surface area contributed by atoms with E-state index >= 15 is 0 Å². The molecule has 0 amide bonds. The maximum atomic E-state index is 9.91. The number of hydrogen-bond donors (Lipinski definition) is 1. The van der Waals surface area contributed by atoms with E-state index in [1.54, 1.807) is 0 Å². The number of unbranched alkanes of at least 4 members (excludes halogenated alkanes) is 1. The molecule has 0 radical (unpaired) electrons. The highest BCUT2D eigenvalue weighted by molar-refractivity contribution is 8.00. The van der Waals surface area contributed by atoms with Crippen molar-refractivity contribution in [3.05, 3.63) is 23.3 Å².